The van der Waals surface area contributed by atoms with E-state index in [9.17, 15) is 34.2 Å². The summed E-state index contributed by atoms with van der Waals surface area (Å²) in [4.78, 5) is 62.0. The number of thiocarbonyl (C=S) groups is 1. The van der Waals surface area contributed by atoms with Crippen molar-refractivity contribution in [1.82, 2.24) is 16.0 Å². The number of hydrogen-bond donors (Lipinski definition) is 7. The van der Waals surface area contributed by atoms with Crippen molar-refractivity contribution in [2.24, 2.45) is 11.3 Å². The quantitative estimate of drug-likeness (QED) is 0.0858. The Morgan fingerprint density at radius 2 is 1.21 bits per heavy atom. The van der Waals surface area contributed by atoms with Crippen LogP contribution in [0.15, 0.2) is 54.6 Å². The SMILES string of the molecule is CC(C)CC(NC(=O)Cc1ccc(NC(=S)Nc2ccccc2)cc1)C(=O)NC(CCCCC(NC(=O)CC(C)(C)C)C(=O)O)C(=O)O. The largest absolute Gasteiger partial charge is 0.480 e. The van der Waals surface area contributed by atoms with Crippen LogP contribution < -0.4 is 26.6 Å². The van der Waals surface area contributed by atoms with Gasteiger partial charge in [0.1, 0.15) is 18.1 Å². The molecule has 3 amide bonds. The minimum atomic E-state index is -1.24. The molecule has 0 radical (unpaired) electrons. The van der Waals surface area contributed by atoms with Gasteiger partial charge in [-0.25, -0.2) is 9.59 Å². The van der Waals surface area contributed by atoms with Gasteiger partial charge >= 0.3 is 11.9 Å². The summed E-state index contributed by atoms with van der Waals surface area (Å²) in [6, 6.07) is 13.3. The third-order valence-electron chi connectivity index (χ3n) is 7.14. The molecule has 7 N–H and O–H groups in total. The highest BCUT2D eigenvalue weighted by Gasteiger charge is 2.28. The van der Waals surface area contributed by atoms with E-state index >= 15 is 0 Å². The van der Waals surface area contributed by atoms with Crippen molar-refractivity contribution < 1.29 is 34.2 Å². The maximum atomic E-state index is 13.2. The van der Waals surface area contributed by atoms with Gasteiger partial charge in [0.05, 0.1) is 6.42 Å². The molecule has 0 heterocycles. The second kappa shape index (κ2) is 19.3. The van der Waals surface area contributed by atoms with E-state index in [2.05, 4.69) is 26.6 Å². The van der Waals surface area contributed by atoms with Crippen molar-refractivity contribution in [3.63, 3.8) is 0 Å². The van der Waals surface area contributed by atoms with Crippen LogP contribution in [0, 0.1) is 11.3 Å². The summed E-state index contributed by atoms with van der Waals surface area (Å²) in [7, 11) is 0. The van der Waals surface area contributed by atoms with E-state index in [1.54, 1.807) is 24.3 Å². The summed E-state index contributed by atoms with van der Waals surface area (Å²) in [5.41, 5.74) is 1.99. The standard InChI is InChI=1S/C35H49N5O7S/c1-22(2)19-28(39-29(41)20-23-15-17-25(18-16-23)37-34(48)36-24-11-7-6-8-12-24)31(43)40-27(33(46)47)14-10-9-13-26(32(44)45)38-30(42)21-35(3,4)5/h6-8,11-12,15-18,22,26-28H,9-10,13-14,19-21H2,1-5H3,(H,38,42)(H,39,41)(H,40,43)(H,44,45)(H,46,47)(H2,36,37,48). The summed E-state index contributed by atoms with van der Waals surface area (Å²) in [5.74, 6) is -3.74. The summed E-state index contributed by atoms with van der Waals surface area (Å²) in [6.45, 7) is 9.41. The molecular weight excluding hydrogens is 634 g/mol. The molecule has 12 nitrogen and oxygen atoms in total. The van der Waals surface area contributed by atoms with Crippen molar-refractivity contribution in [3.8, 4) is 0 Å². The van der Waals surface area contributed by atoms with Crippen LogP contribution in [-0.4, -0.2) is 63.1 Å². The van der Waals surface area contributed by atoms with Gasteiger partial charge in [-0.1, -0.05) is 77.8 Å². The average molecular weight is 684 g/mol. The van der Waals surface area contributed by atoms with Crippen LogP contribution in [0.4, 0.5) is 11.4 Å². The summed E-state index contributed by atoms with van der Waals surface area (Å²) < 4.78 is 0. The highest BCUT2D eigenvalue weighted by Crippen LogP contribution is 2.19. The van der Waals surface area contributed by atoms with E-state index in [4.69, 9.17) is 12.2 Å². The Balaban J connectivity index is 1.90. The third kappa shape index (κ3) is 15.9. The second-order valence-corrected chi connectivity index (χ2v) is 13.9. The number of aliphatic carboxylic acids is 2. The molecule has 0 saturated carbocycles. The fourth-order valence-corrected chi connectivity index (χ4v) is 5.10. The number of unbranched alkanes of at least 4 members (excludes halogenated alkanes) is 1. The van der Waals surface area contributed by atoms with E-state index in [-0.39, 0.29) is 42.9 Å². The first-order valence-electron chi connectivity index (χ1n) is 16.1. The number of carbonyl (C=O) groups is 5. The number of carbonyl (C=O) groups excluding carboxylic acids is 3. The van der Waals surface area contributed by atoms with Gasteiger partial charge in [0.2, 0.25) is 17.7 Å². The molecule has 48 heavy (non-hydrogen) atoms. The van der Waals surface area contributed by atoms with Gasteiger partial charge < -0.3 is 36.8 Å². The van der Waals surface area contributed by atoms with Crippen LogP contribution in [-0.2, 0) is 30.4 Å². The Kier molecular flexibility index (Phi) is 16.0. The maximum absolute atomic E-state index is 13.2. The van der Waals surface area contributed by atoms with Crippen molar-refractivity contribution in [3.05, 3.63) is 60.2 Å². The van der Waals surface area contributed by atoms with Crippen LogP contribution in [0.5, 0.6) is 0 Å². The zero-order valence-electron chi connectivity index (χ0n) is 28.3. The Morgan fingerprint density at radius 3 is 1.71 bits per heavy atom. The van der Waals surface area contributed by atoms with Crippen LogP contribution in [0.3, 0.4) is 0 Å². The molecule has 3 atom stereocenters. The molecular formula is C35H49N5O7S. The van der Waals surface area contributed by atoms with E-state index < -0.39 is 41.9 Å². The predicted molar refractivity (Wildman–Crippen MR) is 189 cm³/mol. The van der Waals surface area contributed by atoms with E-state index in [0.29, 0.717) is 29.9 Å². The highest BCUT2D eigenvalue weighted by molar-refractivity contribution is 7.80. The van der Waals surface area contributed by atoms with Crippen LogP contribution in [0.25, 0.3) is 0 Å². The fourth-order valence-electron chi connectivity index (χ4n) is 4.87. The molecule has 0 saturated heterocycles. The lowest BCUT2D eigenvalue weighted by molar-refractivity contribution is -0.143. The first kappa shape index (κ1) is 39.7. The molecule has 0 aliphatic carbocycles. The second-order valence-electron chi connectivity index (χ2n) is 13.4. The Labute approximate surface area is 287 Å². The van der Waals surface area contributed by atoms with Crippen molar-refractivity contribution >= 4 is 58.4 Å². The molecule has 2 aromatic carbocycles. The van der Waals surface area contributed by atoms with Gasteiger partial charge in [-0.05, 0) is 72.6 Å². The van der Waals surface area contributed by atoms with Gasteiger partial charge in [-0.15, -0.1) is 0 Å². The zero-order chi connectivity index (χ0) is 35.9. The minimum absolute atomic E-state index is 0.00820. The van der Waals surface area contributed by atoms with E-state index in [0.717, 1.165) is 11.4 Å². The number of nitrogens with one attached hydrogen (secondary N) is 5. The Hall–Kier alpha value is -4.52. The molecule has 0 aliphatic heterocycles. The van der Waals surface area contributed by atoms with Gasteiger partial charge in [0.15, 0.2) is 5.11 Å². The summed E-state index contributed by atoms with van der Waals surface area (Å²) in [5, 5.41) is 33.7. The number of carboxylic acid groups (broad SMARTS) is 2. The van der Waals surface area contributed by atoms with Gasteiger partial charge in [0, 0.05) is 17.8 Å². The molecule has 2 rings (SSSR count). The molecule has 262 valence electrons. The number of anilines is 2. The number of rotatable bonds is 18. The fraction of sp³-hybridized carbons (Fsp3) is 0.486. The molecule has 0 aromatic heterocycles. The lowest BCUT2D eigenvalue weighted by atomic mass is 9.91. The minimum Gasteiger partial charge on any atom is -0.480 e. The molecule has 13 heteroatoms. The normalized spacial score (nSPS) is 13.0. The van der Waals surface area contributed by atoms with Crippen molar-refractivity contribution in [2.75, 3.05) is 10.6 Å². The molecule has 0 bridgehead atoms. The lowest BCUT2D eigenvalue weighted by Crippen LogP contribution is -2.52. The first-order valence-corrected chi connectivity index (χ1v) is 16.5. The molecule has 0 spiro atoms. The molecule has 0 aliphatic rings. The number of amides is 3. The Bertz CT molecular complexity index is 1390. The summed E-state index contributed by atoms with van der Waals surface area (Å²) in [6.07, 6.45) is 1.27. The van der Waals surface area contributed by atoms with E-state index in [1.807, 2.05) is 65.0 Å². The predicted octanol–water partition coefficient (Wildman–Crippen LogP) is 4.70. The third-order valence-corrected chi connectivity index (χ3v) is 7.35. The maximum Gasteiger partial charge on any atom is 0.326 e. The number of carboxylic acids is 2. The lowest BCUT2D eigenvalue weighted by Gasteiger charge is -2.23. The average Bonchev–Trinajstić information content (AvgIpc) is 2.97. The van der Waals surface area contributed by atoms with Crippen molar-refractivity contribution in [1.29, 1.82) is 0 Å². The topological polar surface area (TPSA) is 186 Å². The first-order chi connectivity index (χ1) is 22.5. The zero-order valence-corrected chi connectivity index (χ0v) is 29.1. The number of benzene rings is 2. The van der Waals surface area contributed by atoms with Crippen molar-refractivity contribution in [2.45, 2.75) is 97.7 Å². The van der Waals surface area contributed by atoms with E-state index in [1.165, 1.54) is 0 Å². The monoisotopic (exact) mass is 683 g/mol. The number of para-hydroxylation sites is 1. The van der Waals surface area contributed by atoms with Gasteiger partial charge in [-0.3, -0.25) is 14.4 Å². The smallest absolute Gasteiger partial charge is 0.326 e. The number of hydrogen-bond acceptors (Lipinski definition) is 6. The highest BCUT2D eigenvalue weighted by atomic mass is 32.1. The summed E-state index contributed by atoms with van der Waals surface area (Å²) >= 11 is 5.35. The van der Waals surface area contributed by atoms with Gasteiger partial charge in [0.25, 0.3) is 0 Å². The molecule has 0 fully saturated rings. The van der Waals surface area contributed by atoms with Crippen LogP contribution in [0.1, 0.15) is 78.7 Å². The van der Waals surface area contributed by atoms with Crippen LogP contribution >= 0.6 is 12.2 Å². The molecule has 2 aromatic rings. The Morgan fingerprint density at radius 1 is 0.708 bits per heavy atom. The van der Waals surface area contributed by atoms with Gasteiger partial charge in [-0.2, -0.15) is 0 Å². The molecule has 3 unspecified atom stereocenters. The van der Waals surface area contributed by atoms with Crippen LogP contribution in [0.2, 0.25) is 0 Å².